The molecular weight excluding hydrogens is 250 g/mol. The van der Waals surface area contributed by atoms with Crippen molar-refractivity contribution in [3.8, 4) is 0 Å². The Morgan fingerprint density at radius 1 is 1.20 bits per heavy atom. The summed E-state index contributed by atoms with van der Waals surface area (Å²) in [7, 11) is 4.17. The SMILES string of the molecule is CCN1CCN(C(CNC)c2c(C)nc(C)n2C)CC1. The number of aryl methyl sites for hydroxylation is 2. The zero-order chi connectivity index (χ0) is 14.7. The lowest BCUT2D eigenvalue weighted by atomic mass is 10.1. The molecule has 0 aromatic carbocycles. The minimum absolute atomic E-state index is 0.421. The van der Waals surface area contributed by atoms with Crippen LogP contribution in [0.4, 0.5) is 0 Å². The van der Waals surface area contributed by atoms with E-state index in [4.69, 9.17) is 0 Å². The molecule has 1 saturated heterocycles. The van der Waals surface area contributed by atoms with E-state index in [-0.39, 0.29) is 0 Å². The quantitative estimate of drug-likeness (QED) is 0.870. The second-order valence-electron chi connectivity index (χ2n) is 5.73. The lowest BCUT2D eigenvalue weighted by Gasteiger charge is -2.39. The molecule has 0 saturated carbocycles. The van der Waals surface area contributed by atoms with Crippen LogP contribution in [0.15, 0.2) is 0 Å². The van der Waals surface area contributed by atoms with E-state index >= 15 is 0 Å². The van der Waals surface area contributed by atoms with E-state index in [1.807, 2.05) is 7.05 Å². The normalized spacial score (nSPS) is 19.4. The van der Waals surface area contributed by atoms with Crippen LogP contribution in [0.25, 0.3) is 0 Å². The van der Waals surface area contributed by atoms with Crippen LogP contribution in [0.1, 0.15) is 30.2 Å². The van der Waals surface area contributed by atoms with Gasteiger partial charge in [-0.15, -0.1) is 0 Å². The van der Waals surface area contributed by atoms with Gasteiger partial charge < -0.3 is 14.8 Å². The number of imidazole rings is 1. The first-order valence-corrected chi connectivity index (χ1v) is 7.69. The van der Waals surface area contributed by atoms with Crippen molar-refractivity contribution in [3.05, 3.63) is 17.2 Å². The Morgan fingerprint density at radius 3 is 2.30 bits per heavy atom. The largest absolute Gasteiger partial charge is 0.334 e. The van der Waals surface area contributed by atoms with Gasteiger partial charge in [-0.25, -0.2) is 4.98 Å². The van der Waals surface area contributed by atoms with Crippen LogP contribution >= 0.6 is 0 Å². The molecule has 0 spiro atoms. The van der Waals surface area contributed by atoms with Gasteiger partial charge in [-0.3, -0.25) is 4.90 Å². The molecule has 0 amide bonds. The molecule has 2 heterocycles. The van der Waals surface area contributed by atoms with Gasteiger partial charge in [-0.2, -0.15) is 0 Å². The minimum Gasteiger partial charge on any atom is -0.334 e. The molecule has 2 rings (SSSR count). The van der Waals surface area contributed by atoms with E-state index in [0.29, 0.717) is 6.04 Å². The van der Waals surface area contributed by atoms with Crippen molar-refractivity contribution in [3.63, 3.8) is 0 Å². The molecule has 1 atom stereocenters. The summed E-state index contributed by atoms with van der Waals surface area (Å²) in [5.41, 5.74) is 2.53. The lowest BCUT2D eigenvalue weighted by Crippen LogP contribution is -2.49. The van der Waals surface area contributed by atoms with Crippen LogP contribution in [0.5, 0.6) is 0 Å². The van der Waals surface area contributed by atoms with Gasteiger partial charge in [0.25, 0.3) is 0 Å². The number of nitrogens with zero attached hydrogens (tertiary/aromatic N) is 4. The summed E-state index contributed by atoms with van der Waals surface area (Å²) in [4.78, 5) is 9.76. The Bertz CT molecular complexity index is 432. The number of hydrogen-bond acceptors (Lipinski definition) is 4. The molecular formula is C15H29N5. The highest BCUT2D eigenvalue weighted by Crippen LogP contribution is 2.25. The first-order chi connectivity index (χ1) is 9.58. The number of likely N-dealkylation sites (N-methyl/N-ethyl adjacent to an activating group) is 2. The monoisotopic (exact) mass is 279 g/mol. The molecule has 20 heavy (non-hydrogen) atoms. The second-order valence-corrected chi connectivity index (χ2v) is 5.73. The molecule has 0 radical (unpaired) electrons. The molecule has 1 aliphatic rings. The average Bonchev–Trinajstić information content (AvgIpc) is 2.70. The van der Waals surface area contributed by atoms with Gasteiger partial charge in [0.2, 0.25) is 0 Å². The number of rotatable bonds is 5. The molecule has 0 bridgehead atoms. The van der Waals surface area contributed by atoms with Crippen molar-refractivity contribution in [2.75, 3.05) is 46.3 Å². The Balaban J connectivity index is 2.19. The summed E-state index contributed by atoms with van der Waals surface area (Å²) >= 11 is 0. The summed E-state index contributed by atoms with van der Waals surface area (Å²) in [6.07, 6.45) is 0. The van der Waals surface area contributed by atoms with Crippen LogP contribution in [0, 0.1) is 13.8 Å². The van der Waals surface area contributed by atoms with Gasteiger partial charge in [-0.1, -0.05) is 6.92 Å². The number of piperazine rings is 1. The molecule has 5 heteroatoms. The number of nitrogens with one attached hydrogen (secondary N) is 1. The fraction of sp³-hybridized carbons (Fsp3) is 0.800. The standard InChI is InChI=1S/C15H29N5/c1-6-19-7-9-20(10-8-19)14(11-16-4)15-12(2)17-13(3)18(15)5/h14,16H,6-11H2,1-5H3. The molecule has 0 aliphatic carbocycles. The van der Waals surface area contributed by atoms with E-state index in [0.717, 1.165) is 32.0 Å². The van der Waals surface area contributed by atoms with Crippen LogP contribution in [-0.2, 0) is 7.05 Å². The van der Waals surface area contributed by atoms with Crippen molar-refractivity contribution in [1.29, 1.82) is 0 Å². The molecule has 1 aliphatic heterocycles. The van der Waals surface area contributed by atoms with Crippen LogP contribution in [0.3, 0.4) is 0 Å². The Hall–Kier alpha value is -0.910. The molecule has 1 aromatic rings. The van der Waals surface area contributed by atoms with Crippen molar-refractivity contribution >= 4 is 0 Å². The summed E-state index contributed by atoms with van der Waals surface area (Å²) in [5, 5.41) is 3.36. The Kier molecular flexibility index (Phi) is 5.18. The Labute approximate surface area is 123 Å². The molecule has 1 N–H and O–H groups in total. The van der Waals surface area contributed by atoms with E-state index in [9.17, 15) is 0 Å². The van der Waals surface area contributed by atoms with Gasteiger partial charge in [0, 0.05) is 39.8 Å². The summed E-state index contributed by atoms with van der Waals surface area (Å²) in [5.74, 6) is 1.10. The van der Waals surface area contributed by atoms with Crippen molar-refractivity contribution < 1.29 is 0 Å². The maximum atomic E-state index is 4.64. The predicted octanol–water partition coefficient (Wildman–Crippen LogP) is 0.935. The maximum absolute atomic E-state index is 4.64. The fourth-order valence-electron chi connectivity index (χ4n) is 3.24. The fourth-order valence-corrected chi connectivity index (χ4v) is 3.24. The smallest absolute Gasteiger partial charge is 0.105 e. The van der Waals surface area contributed by atoms with Gasteiger partial charge in [0.15, 0.2) is 0 Å². The highest BCUT2D eigenvalue weighted by molar-refractivity contribution is 5.20. The van der Waals surface area contributed by atoms with E-state index in [1.165, 1.54) is 24.5 Å². The Morgan fingerprint density at radius 2 is 1.85 bits per heavy atom. The second kappa shape index (κ2) is 6.70. The summed E-state index contributed by atoms with van der Waals surface area (Å²) in [6.45, 7) is 13.2. The van der Waals surface area contributed by atoms with Gasteiger partial charge >= 0.3 is 0 Å². The third-order valence-electron chi connectivity index (χ3n) is 4.55. The summed E-state index contributed by atoms with van der Waals surface area (Å²) < 4.78 is 2.25. The van der Waals surface area contributed by atoms with Crippen LogP contribution < -0.4 is 5.32 Å². The molecule has 5 nitrogen and oxygen atoms in total. The molecule has 1 fully saturated rings. The predicted molar refractivity (Wildman–Crippen MR) is 83.0 cm³/mol. The van der Waals surface area contributed by atoms with Crippen molar-refractivity contribution in [1.82, 2.24) is 24.7 Å². The van der Waals surface area contributed by atoms with E-state index < -0.39 is 0 Å². The van der Waals surface area contributed by atoms with Crippen molar-refractivity contribution in [2.24, 2.45) is 7.05 Å². The van der Waals surface area contributed by atoms with E-state index in [1.54, 1.807) is 0 Å². The first kappa shape index (κ1) is 15.5. The molecule has 114 valence electrons. The maximum Gasteiger partial charge on any atom is 0.105 e. The molecule has 1 aromatic heterocycles. The zero-order valence-corrected chi connectivity index (χ0v) is 13.6. The highest BCUT2D eigenvalue weighted by Gasteiger charge is 2.28. The van der Waals surface area contributed by atoms with Crippen LogP contribution in [0.2, 0.25) is 0 Å². The molecule has 1 unspecified atom stereocenters. The van der Waals surface area contributed by atoms with E-state index in [2.05, 4.69) is 52.5 Å². The lowest BCUT2D eigenvalue weighted by molar-refractivity contribution is 0.0959. The van der Waals surface area contributed by atoms with Gasteiger partial charge in [-0.05, 0) is 27.4 Å². The van der Waals surface area contributed by atoms with Gasteiger partial charge in [0.1, 0.15) is 5.82 Å². The number of aromatic nitrogens is 2. The van der Waals surface area contributed by atoms with Crippen LogP contribution in [-0.4, -0.2) is 65.7 Å². The third-order valence-corrected chi connectivity index (χ3v) is 4.55. The van der Waals surface area contributed by atoms with Gasteiger partial charge in [0.05, 0.1) is 17.4 Å². The van der Waals surface area contributed by atoms with Crippen molar-refractivity contribution in [2.45, 2.75) is 26.8 Å². The minimum atomic E-state index is 0.421. The average molecular weight is 279 g/mol. The highest BCUT2D eigenvalue weighted by atomic mass is 15.3. The first-order valence-electron chi connectivity index (χ1n) is 7.69. The summed E-state index contributed by atoms with van der Waals surface area (Å²) in [6, 6.07) is 0.421. The topological polar surface area (TPSA) is 36.3 Å². The zero-order valence-electron chi connectivity index (χ0n) is 13.6. The number of hydrogen-bond donors (Lipinski definition) is 1. The third kappa shape index (κ3) is 3.05.